The topological polar surface area (TPSA) is 134 Å². The van der Waals surface area contributed by atoms with Gasteiger partial charge < -0.3 is 15.3 Å². The molecule has 2 aromatic rings. The first-order chi connectivity index (χ1) is 12.5. The molecule has 10 nitrogen and oxygen atoms in total. The molecule has 0 aliphatic carbocycles. The second-order valence-electron chi connectivity index (χ2n) is 5.72. The molecule has 0 spiro atoms. The van der Waals surface area contributed by atoms with Crippen LogP contribution in [-0.4, -0.2) is 44.0 Å². The van der Waals surface area contributed by atoms with Gasteiger partial charge in [0, 0.05) is 19.3 Å². The molecule has 26 heavy (non-hydrogen) atoms. The molecule has 1 saturated heterocycles. The van der Waals surface area contributed by atoms with Gasteiger partial charge in [-0.05, 0) is 25.0 Å². The van der Waals surface area contributed by atoms with Crippen molar-refractivity contribution in [1.82, 2.24) is 15.0 Å². The zero-order valence-electron chi connectivity index (χ0n) is 13.5. The van der Waals surface area contributed by atoms with E-state index < -0.39 is 16.8 Å². The number of carbonyl (C=O) groups is 1. The quantitative estimate of drug-likeness (QED) is 0.457. The smallest absolute Gasteiger partial charge is 0.353 e. The molecule has 11 heteroatoms. The van der Waals surface area contributed by atoms with E-state index in [1.807, 2.05) is 0 Å². The largest absolute Gasteiger partial charge is 0.481 e. The Bertz CT molecular complexity index is 841. The summed E-state index contributed by atoms with van der Waals surface area (Å²) in [5.41, 5.74) is 0.0905. The van der Waals surface area contributed by atoms with E-state index in [1.54, 1.807) is 17.0 Å². The highest BCUT2D eigenvalue weighted by Crippen LogP contribution is 2.36. The number of aliphatic carboxylic acids is 1. The van der Waals surface area contributed by atoms with Crippen molar-refractivity contribution in [1.29, 1.82) is 0 Å². The lowest BCUT2D eigenvalue weighted by Gasteiger charge is -2.30. The Morgan fingerprint density at radius 1 is 1.35 bits per heavy atom. The Hall–Kier alpha value is -3.01. The van der Waals surface area contributed by atoms with Gasteiger partial charge in [0.25, 0.3) is 0 Å². The number of pyridine rings is 1. The molecular formula is C15H15ClN6O4. The molecule has 0 saturated carbocycles. The fourth-order valence-corrected chi connectivity index (χ4v) is 2.97. The maximum Gasteiger partial charge on any atom is 0.353 e. The molecule has 1 fully saturated rings. The zero-order chi connectivity index (χ0) is 18.7. The Morgan fingerprint density at radius 2 is 2.08 bits per heavy atom. The third-order valence-electron chi connectivity index (χ3n) is 4.14. The van der Waals surface area contributed by atoms with Crippen molar-refractivity contribution < 1.29 is 14.8 Å². The van der Waals surface area contributed by atoms with Gasteiger partial charge in [0.05, 0.1) is 16.5 Å². The van der Waals surface area contributed by atoms with Crippen LogP contribution in [0.25, 0.3) is 0 Å². The minimum atomic E-state index is -0.851. The van der Waals surface area contributed by atoms with Crippen LogP contribution >= 0.6 is 11.6 Å². The van der Waals surface area contributed by atoms with Gasteiger partial charge in [0.2, 0.25) is 11.6 Å². The number of aromatic nitrogens is 3. The first-order valence-electron chi connectivity index (χ1n) is 7.82. The van der Waals surface area contributed by atoms with Crippen LogP contribution in [0.3, 0.4) is 0 Å². The van der Waals surface area contributed by atoms with Gasteiger partial charge in [-0.15, -0.1) is 0 Å². The Morgan fingerprint density at radius 3 is 2.69 bits per heavy atom. The molecule has 1 aliphatic rings. The number of anilines is 3. The number of hydrogen-bond donors (Lipinski definition) is 2. The van der Waals surface area contributed by atoms with E-state index in [0.717, 1.165) is 0 Å². The summed E-state index contributed by atoms with van der Waals surface area (Å²) in [6.45, 7) is 0.726. The molecule has 2 aromatic heterocycles. The molecule has 0 bridgehead atoms. The first-order valence-corrected chi connectivity index (χ1v) is 8.20. The maximum absolute atomic E-state index is 11.6. The van der Waals surface area contributed by atoms with Crippen molar-refractivity contribution >= 4 is 40.6 Å². The third-order valence-corrected chi connectivity index (χ3v) is 4.44. The normalized spacial score (nSPS) is 14.9. The number of hydrogen-bond acceptors (Lipinski definition) is 8. The minimum absolute atomic E-state index is 0.00439. The predicted molar refractivity (Wildman–Crippen MR) is 93.8 cm³/mol. The molecular weight excluding hydrogens is 364 g/mol. The molecule has 0 atom stereocenters. The van der Waals surface area contributed by atoms with Gasteiger partial charge in [-0.3, -0.25) is 14.9 Å². The first kappa shape index (κ1) is 17.8. The van der Waals surface area contributed by atoms with Gasteiger partial charge in [-0.1, -0.05) is 11.6 Å². The highest BCUT2D eigenvalue weighted by atomic mass is 35.5. The van der Waals surface area contributed by atoms with Crippen molar-refractivity contribution in [3.8, 4) is 0 Å². The number of rotatable bonds is 5. The molecule has 0 radical (unpaired) electrons. The van der Waals surface area contributed by atoms with Crippen molar-refractivity contribution in [3.05, 3.63) is 39.9 Å². The molecule has 0 unspecified atom stereocenters. The second kappa shape index (κ2) is 7.48. The van der Waals surface area contributed by atoms with Gasteiger partial charge >= 0.3 is 11.7 Å². The average Bonchev–Trinajstić information content (AvgIpc) is 2.63. The number of carboxylic acids is 1. The Labute approximate surface area is 153 Å². The van der Waals surface area contributed by atoms with E-state index in [0.29, 0.717) is 31.6 Å². The number of carboxylic acid groups (broad SMARTS) is 1. The highest BCUT2D eigenvalue weighted by molar-refractivity contribution is 6.32. The van der Waals surface area contributed by atoms with Crippen LogP contribution in [0.2, 0.25) is 5.15 Å². The van der Waals surface area contributed by atoms with Crippen LogP contribution in [0, 0.1) is 16.0 Å². The number of nitrogens with one attached hydrogen (secondary N) is 1. The molecule has 2 N–H and O–H groups in total. The van der Waals surface area contributed by atoms with Gasteiger partial charge in [0.1, 0.15) is 6.33 Å². The van der Waals surface area contributed by atoms with Crippen molar-refractivity contribution in [3.63, 3.8) is 0 Å². The molecule has 3 heterocycles. The Kier molecular flexibility index (Phi) is 5.12. The molecule has 3 rings (SSSR count). The summed E-state index contributed by atoms with van der Waals surface area (Å²) in [5, 5.41) is 23.7. The fraction of sp³-hybridized carbons (Fsp3) is 0.333. The van der Waals surface area contributed by atoms with E-state index in [1.165, 1.54) is 12.5 Å². The summed E-state index contributed by atoms with van der Waals surface area (Å²) in [4.78, 5) is 35.8. The van der Waals surface area contributed by atoms with Gasteiger partial charge in [0.15, 0.2) is 5.15 Å². The standard InChI is InChI=1S/C15H15ClN6O4/c16-12-10(2-1-5-17-12)20-13-11(22(25)26)14(19-8-18-13)21-6-3-9(4-7-21)15(23)24/h1-2,5,8-9H,3-4,6-7H2,(H,23,24)(H,18,19,20). The van der Waals surface area contributed by atoms with E-state index in [-0.39, 0.29) is 22.5 Å². The van der Waals surface area contributed by atoms with Crippen LogP contribution in [0.4, 0.5) is 23.0 Å². The van der Waals surface area contributed by atoms with Crippen molar-refractivity contribution in [2.24, 2.45) is 5.92 Å². The number of piperidine rings is 1. The molecule has 0 amide bonds. The monoisotopic (exact) mass is 378 g/mol. The average molecular weight is 379 g/mol. The molecule has 1 aliphatic heterocycles. The number of nitro groups is 1. The predicted octanol–water partition coefficient (Wildman–Crippen LogP) is 2.48. The van der Waals surface area contributed by atoms with Gasteiger partial charge in [-0.25, -0.2) is 15.0 Å². The fourth-order valence-electron chi connectivity index (χ4n) is 2.81. The van der Waals surface area contributed by atoms with Crippen LogP contribution < -0.4 is 10.2 Å². The summed E-state index contributed by atoms with van der Waals surface area (Å²) in [5.74, 6) is -1.15. The van der Waals surface area contributed by atoms with Crippen molar-refractivity contribution in [2.45, 2.75) is 12.8 Å². The van der Waals surface area contributed by atoms with Crippen LogP contribution in [-0.2, 0) is 4.79 Å². The summed E-state index contributed by atoms with van der Waals surface area (Å²) in [7, 11) is 0. The Balaban J connectivity index is 1.91. The van der Waals surface area contributed by atoms with E-state index in [2.05, 4.69) is 20.3 Å². The lowest BCUT2D eigenvalue weighted by Crippen LogP contribution is -2.37. The lowest BCUT2D eigenvalue weighted by molar-refractivity contribution is -0.383. The summed E-state index contributed by atoms with van der Waals surface area (Å²) < 4.78 is 0. The lowest BCUT2D eigenvalue weighted by atomic mass is 9.97. The third kappa shape index (κ3) is 3.64. The highest BCUT2D eigenvalue weighted by Gasteiger charge is 2.31. The van der Waals surface area contributed by atoms with Crippen LogP contribution in [0.1, 0.15) is 12.8 Å². The maximum atomic E-state index is 11.6. The number of nitrogens with zero attached hydrogens (tertiary/aromatic N) is 5. The van der Waals surface area contributed by atoms with E-state index >= 15 is 0 Å². The summed E-state index contributed by atoms with van der Waals surface area (Å²) >= 11 is 5.99. The second-order valence-corrected chi connectivity index (χ2v) is 6.08. The molecule has 0 aromatic carbocycles. The summed E-state index contributed by atoms with van der Waals surface area (Å²) in [6, 6.07) is 3.26. The SMILES string of the molecule is O=C(O)C1CCN(c2ncnc(Nc3cccnc3Cl)c2[N+](=O)[O-])CC1. The van der Waals surface area contributed by atoms with Crippen molar-refractivity contribution in [2.75, 3.05) is 23.3 Å². The summed E-state index contributed by atoms with van der Waals surface area (Å²) in [6.07, 6.45) is 3.51. The van der Waals surface area contributed by atoms with Crippen LogP contribution in [0.5, 0.6) is 0 Å². The van der Waals surface area contributed by atoms with Gasteiger partial charge in [-0.2, -0.15) is 0 Å². The van der Waals surface area contributed by atoms with E-state index in [9.17, 15) is 14.9 Å². The van der Waals surface area contributed by atoms with Crippen LogP contribution in [0.15, 0.2) is 24.7 Å². The number of halogens is 1. The molecule has 136 valence electrons. The zero-order valence-corrected chi connectivity index (χ0v) is 14.3. The van der Waals surface area contributed by atoms with E-state index in [4.69, 9.17) is 16.7 Å². The minimum Gasteiger partial charge on any atom is -0.481 e.